The van der Waals surface area contributed by atoms with E-state index in [1.54, 1.807) is 0 Å². The maximum absolute atomic E-state index is 13.1. The number of rotatable bonds is 74. The Labute approximate surface area is 568 Å². The normalized spacial score (nSPS) is 14.0. The van der Waals surface area contributed by atoms with Gasteiger partial charge in [-0.25, -0.2) is 9.13 Å². The third-order valence-corrected chi connectivity index (χ3v) is 19.2. The van der Waals surface area contributed by atoms with Gasteiger partial charge >= 0.3 is 39.5 Å². The molecular weight excluding hydrogens is 1220 g/mol. The van der Waals surface area contributed by atoms with Crippen LogP contribution >= 0.6 is 15.6 Å². The van der Waals surface area contributed by atoms with Crippen molar-refractivity contribution in [2.45, 2.75) is 406 Å². The molecule has 0 rings (SSSR count). The van der Waals surface area contributed by atoms with Crippen LogP contribution in [0.25, 0.3) is 0 Å². The van der Waals surface area contributed by atoms with Gasteiger partial charge < -0.3 is 33.8 Å². The molecule has 0 aromatic rings. The molecular formula is C74H144O17P2. The summed E-state index contributed by atoms with van der Waals surface area (Å²) in [5, 5.41) is 10.6. The number of carbonyl (C=O) groups excluding carboxylic acids is 4. The minimum absolute atomic E-state index is 0.103. The monoisotopic (exact) mass is 1370 g/mol. The Kier molecular flexibility index (Phi) is 65.9. The molecule has 0 amide bonds. The van der Waals surface area contributed by atoms with Gasteiger partial charge in [-0.15, -0.1) is 0 Å². The lowest BCUT2D eigenvalue weighted by Crippen LogP contribution is -2.30. The van der Waals surface area contributed by atoms with Crippen LogP contribution in [0.1, 0.15) is 388 Å². The van der Waals surface area contributed by atoms with Crippen LogP contribution in [0.3, 0.4) is 0 Å². The van der Waals surface area contributed by atoms with Crippen LogP contribution in [0.4, 0.5) is 0 Å². The van der Waals surface area contributed by atoms with Crippen molar-refractivity contribution in [3.63, 3.8) is 0 Å². The number of phosphoric ester groups is 2. The number of hydrogen-bond acceptors (Lipinski definition) is 15. The van der Waals surface area contributed by atoms with E-state index in [-0.39, 0.29) is 25.7 Å². The number of unbranched alkanes of at least 4 members (excludes halogenated alkanes) is 46. The van der Waals surface area contributed by atoms with Gasteiger partial charge in [0.25, 0.3) is 0 Å². The third-order valence-electron chi connectivity index (χ3n) is 17.3. The second kappa shape index (κ2) is 67.3. The van der Waals surface area contributed by atoms with Crippen LogP contribution in [0.2, 0.25) is 0 Å². The van der Waals surface area contributed by atoms with Crippen molar-refractivity contribution < 1.29 is 80.2 Å². The molecule has 0 radical (unpaired) electrons. The van der Waals surface area contributed by atoms with Crippen LogP contribution in [-0.2, 0) is 65.4 Å². The highest BCUT2D eigenvalue weighted by Crippen LogP contribution is 2.45. The molecule has 0 saturated carbocycles. The zero-order chi connectivity index (χ0) is 68.4. The van der Waals surface area contributed by atoms with Crippen molar-refractivity contribution in [3.05, 3.63) is 0 Å². The maximum atomic E-state index is 13.1. The molecule has 93 heavy (non-hydrogen) atoms. The molecule has 0 aliphatic heterocycles. The maximum Gasteiger partial charge on any atom is 0.472 e. The predicted octanol–water partition coefficient (Wildman–Crippen LogP) is 21.7. The van der Waals surface area contributed by atoms with Gasteiger partial charge in [-0.1, -0.05) is 336 Å². The minimum Gasteiger partial charge on any atom is -0.462 e. The quantitative estimate of drug-likeness (QED) is 0.0222. The lowest BCUT2D eigenvalue weighted by Gasteiger charge is -2.21. The zero-order valence-corrected chi connectivity index (χ0v) is 62.2. The van der Waals surface area contributed by atoms with Crippen molar-refractivity contribution in [2.75, 3.05) is 39.6 Å². The van der Waals surface area contributed by atoms with Crippen molar-refractivity contribution in [1.29, 1.82) is 0 Å². The second-order valence-electron chi connectivity index (χ2n) is 27.2. The average molecular weight is 1370 g/mol. The number of carbonyl (C=O) groups is 4. The summed E-state index contributed by atoms with van der Waals surface area (Å²) in [6, 6.07) is 0. The summed E-state index contributed by atoms with van der Waals surface area (Å²) in [6.45, 7) is 7.17. The summed E-state index contributed by atoms with van der Waals surface area (Å²) >= 11 is 0. The summed E-state index contributed by atoms with van der Waals surface area (Å²) in [7, 11) is -9.90. The van der Waals surface area contributed by atoms with E-state index in [0.29, 0.717) is 31.6 Å². The van der Waals surface area contributed by atoms with Crippen LogP contribution in [0, 0.1) is 5.92 Å². The van der Waals surface area contributed by atoms with E-state index in [2.05, 4.69) is 34.6 Å². The first-order valence-corrected chi connectivity index (χ1v) is 41.6. The molecule has 3 N–H and O–H groups in total. The first kappa shape index (κ1) is 91.1. The van der Waals surface area contributed by atoms with Crippen molar-refractivity contribution in [1.82, 2.24) is 0 Å². The molecule has 0 aliphatic rings. The van der Waals surface area contributed by atoms with E-state index in [1.807, 2.05) is 0 Å². The Morgan fingerprint density at radius 2 is 0.495 bits per heavy atom. The van der Waals surface area contributed by atoms with Gasteiger partial charge in [-0.2, -0.15) is 0 Å². The highest BCUT2D eigenvalue weighted by atomic mass is 31.2. The lowest BCUT2D eigenvalue weighted by atomic mass is 10.0. The van der Waals surface area contributed by atoms with Crippen LogP contribution in [-0.4, -0.2) is 96.7 Å². The highest BCUT2D eigenvalue weighted by Gasteiger charge is 2.30. The van der Waals surface area contributed by atoms with Gasteiger partial charge in [0.15, 0.2) is 12.2 Å². The molecule has 0 heterocycles. The molecule has 0 fully saturated rings. The van der Waals surface area contributed by atoms with Gasteiger partial charge in [0.1, 0.15) is 19.3 Å². The fraction of sp³-hybridized carbons (Fsp3) is 0.946. The van der Waals surface area contributed by atoms with Crippen LogP contribution in [0.5, 0.6) is 0 Å². The first-order chi connectivity index (χ1) is 45.0. The van der Waals surface area contributed by atoms with E-state index in [0.717, 1.165) is 103 Å². The Bertz CT molecular complexity index is 1790. The average Bonchev–Trinajstić information content (AvgIpc) is 3.17. The topological polar surface area (TPSA) is 237 Å². The van der Waals surface area contributed by atoms with E-state index >= 15 is 0 Å². The molecule has 552 valence electrons. The zero-order valence-electron chi connectivity index (χ0n) is 60.4. The molecule has 5 atom stereocenters. The van der Waals surface area contributed by atoms with E-state index in [4.69, 9.17) is 37.0 Å². The Morgan fingerprint density at radius 3 is 0.731 bits per heavy atom. The molecule has 0 aromatic carbocycles. The van der Waals surface area contributed by atoms with Gasteiger partial charge in [0.05, 0.1) is 26.4 Å². The number of aliphatic hydroxyl groups excluding tert-OH is 1. The van der Waals surface area contributed by atoms with Gasteiger partial charge in [-0.05, 0) is 31.6 Å². The molecule has 0 bridgehead atoms. The Morgan fingerprint density at radius 1 is 0.290 bits per heavy atom. The summed E-state index contributed by atoms with van der Waals surface area (Å²) in [6.07, 6.45) is 55.9. The highest BCUT2D eigenvalue weighted by molar-refractivity contribution is 7.47. The van der Waals surface area contributed by atoms with Crippen molar-refractivity contribution in [2.24, 2.45) is 5.92 Å². The van der Waals surface area contributed by atoms with Gasteiger partial charge in [0.2, 0.25) is 0 Å². The Hall–Kier alpha value is -1.94. The van der Waals surface area contributed by atoms with Gasteiger partial charge in [-0.3, -0.25) is 37.3 Å². The number of esters is 4. The fourth-order valence-electron chi connectivity index (χ4n) is 11.4. The molecule has 19 heteroatoms. The number of hydrogen-bond donors (Lipinski definition) is 3. The van der Waals surface area contributed by atoms with Gasteiger partial charge in [0, 0.05) is 25.7 Å². The summed E-state index contributed by atoms with van der Waals surface area (Å²) in [5.41, 5.74) is 0. The summed E-state index contributed by atoms with van der Waals surface area (Å²) in [5.74, 6) is -1.43. The number of aliphatic hydroxyl groups is 1. The van der Waals surface area contributed by atoms with E-state index in [9.17, 15) is 43.2 Å². The SMILES string of the molecule is CCCCCCCCCCCCCCCCCCCCCCC(=O)O[C@H](COC(=O)CCCCCCCCCCCCCCCCCC)COP(=O)(O)OC[C@@H](O)COP(=O)(O)OC[C@@H](COC(=O)CCCCCCCCC)OC(=O)CCCCCCCCCC(C)C. The molecule has 0 aromatic heterocycles. The van der Waals surface area contributed by atoms with Crippen LogP contribution in [0.15, 0.2) is 0 Å². The first-order valence-electron chi connectivity index (χ1n) is 38.6. The van der Waals surface area contributed by atoms with Crippen molar-refractivity contribution >= 4 is 39.5 Å². The summed E-state index contributed by atoms with van der Waals surface area (Å²) in [4.78, 5) is 72.5. The molecule has 0 spiro atoms. The molecule has 0 saturated heterocycles. The minimum atomic E-state index is -4.95. The standard InChI is InChI=1S/C74H144O17P2/c1-6-9-12-15-18-20-22-24-26-28-29-30-31-33-35-37-39-44-49-54-59-73(78)90-70(64-85-72(77)58-53-48-43-38-36-34-32-27-25-23-21-19-16-13-10-7-2)66-89-93(82,83)87-62-68(75)61-86-92(80,81)88-65-69(63-84-71(76)57-52-47-41-17-14-11-8-3)91-74(79)60-55-50-45-40-42-46-51-56-67(4)5/h67-70,75H,6-66H2,1-5H3,(H,80,81)(H,82,83)/t68-,69+,70+/m0/s1. The third kappa shape index (κ3) is 68.4. The van der Waals surface area contributed by atoms with Crippen molar-refractivity contribution in [3.8, 4) is 0 Å². The number of phosphoric acid groups is 2. The smallest absolute Gasteiger partial charge is 0.462 e. The predicted molar refractivity (Wildman–Crippen MR) is 377 cm³/mol. The van der Waals surface area contributed by atoms with E-state index in [1.165, 1.54) is 199 Å². The lowest BCUT2D eigenvalue weighted by molar-refractivity contribution is -0.161. The molecule has 17 nitrogen and oxygen atoms in total. The van der Waals surface area contributed by atoms with Crippen LogP contribution < -0.4 is 0 Å². The summed E-state index contributed by atoms with van der Waals surface area (Å²) < 4.78 is 68.3. The Balaban J connectivity index is 5.16. The number of ether oxygens (including phenoxy) is 4. The largest absolute Gasteiger partial charge is 0.472 e. The molecule has 2 unspecified atom stereocenters. The second-order valence-corrected chi connectivity index (χ2v) is 30.1. The fourth-order valence-corrected chi connectivity index (χ4v) is 12.9. The van der Waals surface area contributed by atoms with E-state index < -0.39 is 97.5 Å². The molecule has 0 aliphatic carbocycles.